The highest BCUT2D eigenvalue weighted by Gasteiger charge is 2.49. The van der Waals surface area contributed by atoms with Gasteiger partial charge in [-0.3, -0.25) is 9.59 Å². The van der Waals surface area contributed by atoms with E-state index in [-0.39, 0.29) is 27.1 Å². The zero-order valence-corrected chi connectivity index (χ0v) is 15.4. The number of ketones is 1. The fourth-order valence-electron chi connectivity index (χ4n) is 3.35. The van der Waals surface area contributed by atoms with Gasteiger partial charge in [0.25, 0.3) is 5.91 Å². The number of fused-ring (bicyclic) bond motifs is 1. The van der Waals surface area contributed by atoms with Crippen molar-refractivity contribution in [1.82, 2.24) is 0 Å². The lowest BCUT2D eigenvalue weighted by molar-refractivity contribution is -0.133. The Morgan fingerprint density at radius 2 is 1.85 bits per heavy atom. The van der Waals surface area contributed by atoms with Crippen molar-refractivity contribution in [2.24, 2.45) is 0 Å². The molecule has 7 heteroatoms. The number of rotatable bonds is 4. The van der Waals surface area contributed by atoms with Crippen molar-refractivity contribution < 1.29 is 14.7 Å². The predicted molar refractivity (Wildman–Crippen MR) is 101 cm³/mol. The van der Waals surface area contributed by atoms with Crippen LogP contribution in [0.15, 0.2) is 36.4 Å². The van der Waals surface area contributed by atoms with E-state index in [1.165, 1.54) is 12.1 Å². The van der Waals surface area contributed by atoms with Crippen molar-refractivity contribution in [2.45, 2.75) is 25.0 Å². The number of aliphatic hydroxyl groups is 1. The summed E-state index contributed by atoms with van der Waals surface area (Å²) < 4.78 is 0. The lowest BCUT2D eigenvalue weighted by Gasteiger charge is -2.21. The van der Waals surface area contributed by atoms with Crippen LogP contribution in [0, 0.1) is 0 Å². The summed E-state index contributed by atoms with van der Waals surface area (Å²) in [6, 6.07) is 10.7. The molecule has 2 atom stereocenters. The molecule has 1 fully saturated rings. The van der Waals surface area contributed by atoms with E-state index >= 15 is 0 Å². The van der Waals surface area contributed by atoms with Gasteiger partial charge in [0, 0.05) is 34.4 Å². The third kappa shape index (κ3) is 2.67. The molecule has 2 aliphatic heterocycles. The number of benzene rings is 2. The highest BCUT2D eigenvalue weighted by molar-refractivity contribution is 6.38. The number of nitrogens with zero attached hydrogens (tertiary/aromatic N) is 1. The molecule has 1 amide bonds. The summed E-state index contributed by atoms with van der Waals surface area (Å²) in [7, 11) is 0. The molecule has 26 heavy (non-hydrogen) atoms. The smallest absolute Gasteiger partial charge is 0.261 e. The van der Waals surface area contributed by atoms with Crippen molar-refractivity contribution in [2.75, 3.05) is 16.8 Å². The first-order chi connectivity index (χ1) is 12.3. The first kappa shape index (κ1) is 17.3. The van der Waals surface area contributed by atoms with Crippen molar-refractivity contribution in [1.29, 1.82) is 0 Å². The van der Waals surface area contributed by atoms with Crippen molar-refractivity contribution >= 4 is 46.3 Å². The molecule has 134 valence electrons. The fraction of sp³-hybridized carbons (Fsp3) is 0.263. The van der Waals surface area contributed by atoms with Crippen molar-refractivity contribution in [3.63, 3.8) is 0 Å². The normalized spacial score (nSPS) is 23.6. The number of halogens is 2. The highest BCUT2D eigenvalue weighted by Crippen LogP contribution is 2.46. The molecule has 0 bridgehead atoms. The van der Waals surface area contributed by atoms with Crippen LogP contribution in [0.2, 0.25) is 10.0 Å². The van der Waals surface area contributed by atoms with Gasteiger partial charge in [0.05, 0.1) is 17.1 Å². The van der Waals surface area contributed by atoms with E-state index in [2.05, 4.69) is 17.1 Å². The van der Waals surface area contributed by atoms with Gasteiger partial charge < -0.3 is 15.3 Å². The number of Topliss-reactive ketones (excluding diaryl/α,β-unsaturated/α-hetero) is 1. The summed E-state index contributed by atoms with van der Waals surface area (Å²) in [6.07, 6.45) is -0.411. The van der Waals surface area contributed by atoms with Crippen LogP contribution in [0.5, 0.6) is 0 Å². The molecule has 2 unspecified atom stereocenters. The summed E-state index contributed by atoms with van der Waals surface area (Å²) in [6.45, 7) is 3.13. The Morgan fingerprint density at radius 1 is 1.23 bits per heavy atom. The summed E-state index contributed by atoms with van der Waals surface area (Å²) in [5.41, 5.74) is -0.158. The van der Waals surface area contributed by atoms with E-state index < -0.39 is 17.9 Å². The Balaban J connectivity index is 1.62. The first-order valence-electron chi connectivity index (χ1n) is 8.23. The Labute approximate surface area is 160 Å². The molecule has 1 saturated heterocycles. The van der Waals surface area contributed by atoms with Crippen LogP contribution in [0.25, 0.3) is 0 Å². The van der Waals surface area contributed by atoms with E-state index in [9.17, 15) is 14.7 Å². The van der Waals surface area contributed by atoms with Gasteiger partial charge in [-0.2, -0.15) is 0 Å². The third-order valence-corrected chi connectivity index (χ3v) is 5.56. The van der Waals surface area contributed by atoms with E-state index in [4.69, 9.17) is 23.2 Å². The molecule has 4 rings (SSSR count). The molecular weight excluding hydrogens is 375 g/mol. The Morgan fingerprint density at radius 3 is 2.46 bits per heavy atom. The van der Waals surface area contributed by atoms with Crippen LogP contribution >= 0.6 is 23.2 Å². The van der Waals surface area contributed by atoms with E-state index in [1.54, 1.807) is 12.1 Å². The van der Waals surface area contributed by atoms with Gasteiger partial charge in [0.15, 0.2) is 11.4 Å². The topological polar surface area (TPSA) is 69.4 Å². The number of carbonyl (C=O) groups is 2. The van der Waals surface area contributed by atoms with Crippen LogP contribution in [-0.2, 0) is 10.4 Å². The molecular formula is C19H16Cl2N2O3. The van der Waals surface area contributed by atoms with Gasteiger partial charge in [-0.15, -0.1) is 0 Å². The second kappa shape index (κ2) is 5.98. The number of anilines is 2. The van der Waals surface area contributed by atoms with Gasteiger partial charge in [-0.05, 0) is 43.3 Å². The van der Waals surface area contributed by atoms with Crippen LogP contribution < -0.4 is 10.2 Å². The predicted octanol–water partition coefficient (Wildman–Crippen LogP) is 3.61. The lowest BCUT2D eigenvalue weighted by atomic mass is 9.88. The molecule has 2 aliphatic rings. The second-order valence-corrected chi connectivity index (χ2v) is 7.56. The molecule has 0 saturated carbocycles. The van der Waals surface area contributed by atoms with Gasteiger partial charge in [-0.1, -0.05) is 23.2 Å². The Hall–Kier alpha value is -2.08. The molecule has 2 heterocycles. The maximum atomic E-state index is 12.7. The van der Waals surface area contributed by atoms with Crippen LogP contribution in [0.1, 0.15) is 29.3 Å². The summed E-state index contributed by atoms with van der Waals surface area (Å²) in [4.78, 5) is 27.3. The lowest BCUT2D eigenvalue weighted by Crippen LogP contribution is -2.36. The van der Waals surface area contributed by atoms with Gasteiger partial charge in [0.2, 0.25) is 0 Å². The molecule has 0 aliphatic carbocycles. The van der Waals surface area contributed by atoms with E-state index in [1.807, 2.05) is 12.1 Å². The molecule has 0 aromatic heterocycles. The Bertz CT molecular complexity index is 929. The minimum absolute atomic E-state index is 0.152. The maximum Gasteiger partial charge on any atom is 0.261 e. The quantitative estimate of drug-likeness (QED) is 0.617. The Kier molecular flexibility index (Phi) is 3.99. The zero-order valence-electron chi connectivity index (χ0n) is 13.9. The van der Waals surface area contributed by atoms with Gasteiger partial charge >= 0.3 is 0 Å². The summed E-state index contributed by atoms with van der Waals surface area (Å²) in [5, 5.41) is 13.9. The highest BCUT2D eigenvalue weighted by atomic mass is 35.5. The monoisotopic (exact) mass is 390 g/mol. The summed E-state index contributed by atoms with van der Waals surface area (Å²) in [5.74, 6) is -1.05. The number of nitrogens with one attached hydrogen (secondary N) is 1. The van der Waals surface area contributed by atoms with Crippen LogP contribution in [0.3, 0.4) is 0 Å². The minimum Gasteiger partial charge on any atom is -0.375 e. The molecule has 2 aromatic rings. The van der Waals surface area contributed by atoms with E-state index in [0.29, 0.717) is 11.6 Å². The zero-order chi connectivity index (χ0) is 18.6. The third-order valence-electron chi connectivity index (χ3n) is 4.93. The average molecular weight is 391 g/mol. The van der Waals surface area contributed by atoms with Gasteiger partial charge in [-0.25, -0.2) is 0 Å². The number of hydrogen-bond donors (Lipinski definition) is 2. The second-order valence-electron chi connectivity index (χ2n) is 6.74. The minimum atomic E-state index is -2.04. The number of hydrogen-bond acceptors (Lipinski definition) is 4. The molecule has 5 nitrogen and oxygen atoms in total. The fourth-order valence-corrected chi connectivity index (χ4v) is 3.87. The average Bonchev–Trinajstić information content (AvgIpc) is 3.28. The maximum absolute atomic E-state index is 12.7. The molecule has 2 aromatic carbocycles. The van der Waals surface area contributed by atoms with Gasteiger partial charge in [0.1, 0.15) is 0 Å². The molecule has 2 N–H and O–H groups in total. The number of carbonyl (C=O) groups excluding carboxylic acids is 2. The first-order valence-corrected chi connectivity index (χ1v) is 8.99. The SMILES string of the molecule is CC1CN1c1ccc(C(=O)CC2(O)C(=O)Nc3c(Cl)ccc(Cl)c32)cc1. The van der Waals surface area contributed by atoms with Crippen molar-refractivity contribution in [3.8, 4) is 0 Å². The van der Waals surface area contributed by atoms with Crippen molar-refractivity contribution in [3.05, 3.63) is 57.6 Å². The molecule has 0 spiro atoms. The van der Waals surface area contributed by atoms with E-state index in [0.717, 1.165) is 12.2 Å². The van der Waals surface area contributed by atoms with Crippen LogP contribution in [0.4, 0.5) is 11.4 Å². The standard InChI is InChI=1S/C19H16Cl2N2O3/c1-10-9-23(10)12-4-2-11(3-5-12)15(24)8-19(26)16-13(20)6-7-14(21)17(16)22-18(19)25/h2-7,10,26H,8-9H2,1H3,(H,22,25). The largest absolute Gasteiger partial charge is 0.375 e. The molecule has 0 radical (unpaired) electrons. The summed E-state index contributed by atoms with van der Waals surface area (Å²) >= 11 is 12.2. The van der Waals surface area contributed by atoms with Crippen LogP contribution in [-0.4, -0.2) is 29.4 Å². The number of amides is 1.